The average molecular weight is 346 g/mol. The van der Waals surface area contributed by atoms with Gasteiger partial charge in [0.15, 0.2) is 11.5 Å². The maximum absolute atomic E-state index is 12.2. The summed E-state index contributed by atoms with van der Waals surface area (Å²) in [6, 6.07) is 8.99. The second-order valence-electron chi connectivity index (χ2n) is 5.06. The summed E-state index contributed by atoms with van der Waals surface area (Å²) < 4.78 is 15.7. The van der Waals surface area contributed by atoms with E-state index in [1.165, 1.54) is 45.6 Å². The fourth-order valence-corrected chi connectivity index (χ4v) is 2.29. The molecule has 0 bridgehead atoms. The normalized spacial score (nSPS) is 10.0. The number of nitro groups is 1. The maximum atomic E-state index is 12.2. The number of anilines is 1. The number of non-ortho nitro benzene ring substituents is 1. The molecule has 132 valence electrons. The highest BCUT2D eigenvalue weighted by Crippen LogP contribution is 2.38. The minimum absolute atomic E-state index is 0.0392. The zero-order chi connectivity index (χ0) is 18.4. The number of methoxy groups -OCH3 is 3. The smallest absolute Gasteiger partial charge is 0.269 e. The Morgan fingerprint density at radius 3 is 2.04 bits per heavy atom. The van der Waals surface area contributed by atoms with Crippen LogP contribution in [0.2, 0.25) is 0 Å². The van der Waals surface area contributed by atoms with Crippen LogP contribution >= 0.6 is 0 Å². The number of carbonyl (C=O) groups is 1. The van der Waals surface area contributed by atoms with Crippen LogP contribution in [0, 0.1) is 10.1 Å². The first kappa shape index (κ1) is 18.1. The molecule has 2 aromatic carbocycles. The lowest BCUT2D eigenvalue weighted by atomic mass is 10.1. The molecule has 0 aromatic heterocycles. The van der Waals surface area contributed by atoms with Gasteiger partial charge >= 0.3 is 0 Å². The second-order valence-corrected chi connectivity index (χ2v) is 5.06. The predicted octanol–water partition coefficient (Wildman–Crippen LogP) is 2.80. The summed E-state index contributed by atoms with van der Waals surface area (Å²) in [7, 11) is 4.50. The van der Waals surface area contributed by atoms with Crippen LogP contribution in [-0.4, -0.2) is 32.2 Å². The molecule has 0 saturated carbocycles. The van der Waals surface area contributed by atoms with E-state index >= 15 is 0 Å². The highest BCUT2D eigenvalue weighted by Gasteiger charge is 2.15. The highest BCUT2D eigenvalue weighted by molar-refractivity contribution is 5.92. The quantitative estimate of drug-likeness (QED) is 0.611. The van der Waals surface area contributed by atoms with Crippen molar-refractivity contribution in [2.75, 3.05) is 26.6 Å². The summed E-state index contributed by atoms with van der Waals surface area (Å²) in [6.45, 7) is 0. The van der Waals surface area contributed by atoms with Crippen LogP contribution in [0.15, 0.2) is 36.4 Å². The first-order chi connectivity index (χ1) is 12.0. The molecule has 0 radical (unpaired) electrons. The minimum Gasteiger partial charge on any atom is -0.493 e. The molecule has 2 aromatic rings. The summed E-state index contributed by atoms with van der Waals surface area (Å²) in [5.41, 5.74) is 1.11. The molecule has 0 aliphatic heterocycles. The van der Waals surface area contributed by atoms with E-state index < -0.39 is 4.92 Å². The van der Waals surface area contributed by atoms with Crippen LogP contribution in [0.4, 0.5) is 11.4 Å². The van der Waals surface area contributed by atoms with Gasteiger partial charge in [-0.1, -0.05) is 0 Å². The SMILES string of the molecule is COc1cc(CC(=O)Nc2ccc([N+](=O)[O-])cc2)cc(OC)c1OC. The number of hydrogen-bond acceptors (Lipinski definition) is 6. The molecular weight excluding hydrogens is 328 g/mol. The monoisotopic (exact) mass is 346 g/mol. The van der Waals surface area contributed by atoms with Gasteiger partial charge in [-0.25, -0.2) is 0 Å². The minimum atomic E-state index is -0.499. The lowest BCUT2D eigenvalue weighted by Gasteiger charge is -2.14. The number of nitrogens with one attached hydrogen (secondary N) is 1. The van der Waals surface area contributed by atoms with Crippen molar-refractivity contribution in [3.8, 4) is 17.2 Å². The molecule has 8 nitrogen and oxygen atoms in total. The van der Waals surface area contributed by atoms with Gasteiger partial charge < -0.3 is 19.5 Å². The summed E-state index contributed by atoms with van der Waals surface area (Å²) in [4.78, 5) is 22.3. The first-order valence-corrected chi connectivity index (χ1v) is 7.31. The standard InChI is InChI=1S/C17H18N2O6/c1-23-14-8-11(9-15(24-2)17(14)25-3)10-16(20)18-12-4-6-13(7-5-12)19(21)22/h4-9H,10H2,1-3H3,(H,18,20). The van der Waals surface area contributed by atoms with Gasteiger partial charge in [-0.3, -0.25) is 14.9 Å². The van der Waals surface area contributed by atoms with Gasteiger partial charge in [0.2, 0.25) is 11.7 Å². The fraction of sp³-hybridized carbons (Fsp3) is 0.235. The Kier molecular flexibility index (Phi) is 5.78. The summed E-state index contributed by atoms with van der Waals surface area (Å²) in [5, 5.41) is 13.3. The van der Waals surface area contributed by atoms with Crippen molar-refractivity contribution in [3.63, 3.8) is 0 Å². The van der Waals surface area contributed by atoms with Gasteiger partial charge in [-0.15, -0.1) is 0 Å². The number of amides is 1. The van der Waals surface area contributed by atoms with Gasteiger partial charge in [0, 0.05) is 17.8 Å². The molecule has 0 spiro atoms. The van der Waals surface area contributed by atoms with E-state index in [1.807, 2.05) is 0 Å². The van der Waals surface area contributed by atoms with Crippen molar-refractivity contribution in [1.82, 2.24) is 0 Å². The van der Waals surface area contributed by atoms with Gasteiger partial charge in [0.1, 0.15) is 0 Å². The van der Waals surface area contributed by atoms with Gasteiger partial charge in [0.05, 0.1) is 32.7 Å². The Morgan fingerprint density at radius 1 is 1.04 bits per heavy atom. The van der Waals surface area contributed by atoms with Crippen molar-refractivity contribution in [1.29, 1.82) is 0 Å². The van der Waals surface area contributed by atoms with Crippen LogP contribution in [0.5, 0.6) is 17.2 Å². The third-order valence-electron chi connectivity index (χ3n) is 3.45. The summed E-state index contributed by atoms with van der Waals surface area (Å²) in [6.07, 6.45) is 0.0771. The van der Waals surface area contributed by atoms with Crippen molar-refractivity contribution in [2.24, 2.45) is 0 Å². The van der Waals surface area contributed by atoms with E-state index in [4.69, 9.17) is 14.2 Å². The Hall–Kier alpha value is -3.29. The van der Waals surface area contributed by atoms with E-state index in [0.29, 0.717) is 28.5 Å². The second kappa shape index (κ2) is 8.00. The molecule has 0 unspecified atom stereocenters. The Balaban J connectivity index is 2.13. The lowest BCUT2D eigenvalue weighted by molar-refractivity contribution is -0.384. The Labute approximate surface area is 144 Å². The van der Waals surface area contributed by atoms with Crippen LogP contribution in [0.25, 0.3) is 0 Å². The molecular formula is C17H18N2O6. The Morgan fingerprint density at radius 2 is 1.60 bits per heavy atom. The maximum Gasteiger partial charge on any atom is 0.269 e. The zero-order valence-electron chi connectivity index (χ0n) is 14.1. The summed E-state index contributed by atoms with van der Waals surface area (Å²) in [5.74, 6) is 1.09. The third-order valence-corrected chi connectivity index (χ3v) is 3.45. The van der Waals surface area contributed by atoms with Gasteiger partial charge in [-0.05, 0) is 29.8 Å². The number of carbonyl (C=O) groups excluding carboxylic acids is 1. The first-order valence-electron chi connectivity index (χ1n) is 7.31. The molecule has 25 heavy (non-hydrogen) atoms. The number of nitro benzene ring substituents is 1. The molecule has 0 fully saturated rings. The summed E-state index contributed by atoms with van der Waals surface area (Å²) >= 11 is 0. The van der Waals surface area contributed by atoms with Gasteiger partial charge in [-0.2, -0.15) is 0 Å². The van der Waals surface area contributed by atoms with E-state index in [0.717, 1.165) is 0 Å². The predicted molar refractivity (Wildman–Crippen MR) is 91.5 cm³/mol. The van der Waals surface area contributed by atoms with Crippen molar-refractivity contribution < 1.29 is 23.9 Å². The Bertz CT molecular complexity index is 748. The molecule has 1 N–H and O–H groups in total. The van der Waals surface area contributed by atoms with Crippen LogP contribution < -0.4 is 19.5 Å². The number of benzene rings is 2. The van der Waals surface area contributed by atoms with E-state index in [-0.39, 0.29) is 18.0 Å². The molecule has 0 saturated heterocycles. The van der Waals surface area contributed by atoms with Crippen molar-refractivity contribution in [2.45, 2.75) is 6.42 Å². The topological polar surface area (TPSA) is 99.9 Å². The van der Waals surface area contributed by atoms with Crippen LogP contribution in [0.1, 0.15) is 5.56 Å². The van der Waals surface area contributed by atoms with Crippen LogP contribution in [0.3, 0.4) is 0 Å². The van der Waals surface area contributed by atoms with E-state index in [2.05, 4.69) is 5.32 Å². The number of hydrogen-bond donors (Lipinski definition) is 1. The lowest BCUT2D eigenvalue weighted by Crippen LogP contribution is -2.14. The molecule has 0 heterocycles. The molecule has 0 aliphatic rings. The molecule has 8 heteroatoms. The van der Waals surface area contributed by atoms with E-state index in [9.17, 15) is 14.9 Å². The molecule has 1 amide bonds. The largest absolute Gasteiger partial charge is 0.493 e. The van der Waals surface area contributed by atoms with Crippen LogP contribution in [-0.2, 0) is 11.2 Å². The van der Waals surface area contributed by atoms with Crippen molar-refractivity contribution in [3.05, 3.63) is 52.1 Å². The number of rotatable bonds is 7. The zero-order valence-corrected chi connectivity index (χ0v) is 14.1. The van der Waals surface area contributed by atoms with E-state index in [1.54, 1.807) is 12.1 Å². The highest BCUT2D eigenvalue weighted by atomic mass is 16.6. The molecule has 0 aliphatic carbocycles. The number of nitrogens with zero attached hydrogens (tertiary/aromatic N) is 1. The third kappa shape index (κ3) is 4.37. The molecule has 0 atom stereocenters. The van der Waals surface area contributed by atoms with Crippen molar-refractivity contribution >= 4 is 17.3 Å². The number of ether oxygens (including phenoxy) is 3. The fourth-order valence-electron chi connectivity index (χ4n) is 2.29. The molecule has 2 rings (SSSR count). The van der Waals surface area contributed by atoms with Gasteiger partial charge in [0.25, 0.3) is 5.69 Å². The average Bonchev–Trinajstić information content (AvgIpc) is 2.61.